The number of halogens is 1. The van der Waals surface area contributed by atoms with Crippen LogP contribution in [-0.2, 0) is 9.53 Å². The Morgan fingerprint density at radius 1 is 1.47 bits per heavy atom. The van der Waals surface area contributed by atoms with Gasteiger partial charge in [-0.3, -0.25) is 4.79 Å². The van der Waals surface area contributed by atoms with E-state index in [2.05, 4.69) is 5.32 Å². The van der Waals surface area contributed by atoms with Gasteiger partial charge in [0.15, 0.2) is 0 Å². The van der Waals surface area contributed by atoms with Gasteiger partial charge in [-0.1, -0.05) is 11.6 Å². The maximum atomic E-state index is 12.0. The first-order valence-electron chi connectivity index (χ1n) is 6.13. The zero-order valence-corrected chi connectivity index (χ0v) is 12.4. The van der Waals surface area contributed by atoms with Crippen LogP contribution >= 0.6 is 23.4 Å². The fourth-order valence-electron chi connectivity index (χ4n) is 1.91. The van der Waals surface area contributed by atoms with Crippen LogP contribution in [-0.4, -0.2) is 49.9 Å². The zero-order chi connectivity index (χ0) is 13.7. The zero-order valence-electron chi connectivity index (χ0n) is 10.8. The Morgan fingerprint density at radius 3 is 2.89 bits per heavy atom. The molecular weight excluding hydrogens is 284 g/mol. The molecule has 0 bridgehead atoms. The molecule has 0 aliphatic carbocycles. The van der Waals surface area contributed by atoms with E-state index < -0.39 is 0 Å². The molecule has 1 aliphatic heterocycles. The predicted octanol–water partition coefficient (Wildman–Crippen LogP) is 2.33. The highest BCUT2D eigenvalue weighted by molar-refractivity contribution is 7.98. The fraction of sp³-hybridized carbons (Fsp3) is 0.462. The minimum atomic E-state index is 0.0929. The number of benzene rings is 1. The monoisotopic (exact) mass is 300 g/mol. The molecule has 0 atom stereocenters. The first-order chi connectivity index (χ1) is 9.20. The molecular formula is C13H17ClN2O2S. The number of carbonyl (C=O) groups is 1. The summed E-state index contributed by atoms with van der Waals surface area (Å²) in [4.78, 5) is 14.9. The lowest BCUT2D eigenvalue weighted by Gasteiger charge is -2.27. The highest BCUT2D eigenvalue weighted by Crippen LogP contribution is 2.28. The first kappa shape index (κ1) is 14.5. The highest BCUT2D eigenvalue weighted by atomic mass is 35.5. The van der Waals surface area contributed by atoms with Gasteiger partial charge in [0.25, 0.3) is 0 Å². The number of nitrogens with one attached hydrogen (secondary N) is 1. The molecule has 0 saturated carbocycles. The minimum absolute atomic E-state index is 0.0929. The molecule has 0 aromatic heterocycles. The Balaban J connectivity index is 1.94. The molecule has 0 radical (unpaired) electrons. The van der Waals surface area contributed by atoms with Crippen molar-refractivity contribution in [2.24, 2.45) is 0 Å². The molecule has 19 heavy (non-hydrogen) atoms. The number of morpholine rings is 1. The van der Waals surface area contributed by atoms with Crippen molar-refractivity contribution in [3.8, 4) is 0 Å². The quantitative estimate of drug-likeness (QED) is 0.867. The summed E-state index contributed by atoms with van der Waals surface area (Å²) >= 11 is 7.60. The highest BCUT2D eigenvalue weighted by Gasteiger charge is 2.16. The first-order valence-corrected chi connectivity index (χ1v) is 7.74. The van der Waals surface area contributed by atoms with Crippen LogP contribution in [0.3, 0.4) is 0 Å². The van der Waals surface area contributed by atoms with E-state index in [1.807, 2.05) is 29.4 Å². The Morgan fingerprint density at radius 2 is 2.21 bits per heavy atom. The summed E-state index contributed by atoms with van der Waals surface area (Å²) in [6, 6.07) is 5.65. The largest absolute Gasteiger partial charge is 0.378 e. The van der Waals surface area contributed by atoms with Gasteiger partial charge in [-0.2, -0.15) is 0 Å². The van der Waals surface area contributed by atoms with E-state index in [0.717, 1.165) is 10.6 Å². The second-order valence-corrected chi connectivity index (χ2v) is 5.48. The van der Waals surface area contributed by atoms with Crippen LogP contribution in [0.4, 0.5) is 5.69 Å². The molecule has 1 amide bonds. The molecule has 1 aliphatic rings. The number of hydrogen-bond acceptors (Lipinski definition) is 4. The maximum absolute atomic E-state index is 12.0. The Labute approximate surface area is 122 Å². The molecule has 1 heterocycles. The average molecular weight is 301 g/mol. The molecule has 104 valence electrons. The number of thioether (sulfide) groups is 1. The predicted molar refractivity (Wildman–Crippen MR) is 79.1 cm³/mol. The Hall–Kier alpha value is -0.910. The van der Waals surface area contributed by atoms with Gasteiger partial charge in [0.05, 0.1) is 19.8 Å². The third-order valence-corrected chi connectivity index (χ3v) is 3.99. The molecule has 1 aromatic rings. The third kappa shape index (κ3) is 4.03. The number of nitrogens with zero attached hydrogens (tertiary/aromatic N) is 1. The second kappa shape index (κ2) is 7.03. The topological polar surface area (TPSA) is 41.6 Å². The summed E-state index contributed by atoms with van der Waals surface area (Å²) in [7, 11) is 0. The fourth-order valence-corrected chi connectivity index (χ4v) is 2.64. The van der Waals surface area contributed by atoms with E-state index in [1.54, 1.807) is 11.8 Å². The van der Waals surface area contributed by atoms with Gasteiger partial charge in [0.2, 0.25) is 5.91 Å². The number of ether oxygens (including phenoxy) is 1. The maximum Gasteiger partial charge on any atom is 0.242 e. The van der Waals surface area contributed by atoms with Crippen molar-refractivity contribution in [1.82, 2.24) is 4.90 Å². The smallest absolute Gasteiger partial charge is 0.242 e. The van der Waals surface area contributed by atoms with Crippen molar-refractivity contribution < 1.29 is 9.53 Å². The number of carbonyl (C=O) groups excluding carboxylic acids is 1. The molecule has 1 aromatic carbocycles. The summed E-state index contributed by atoms with van der Waals surface area (Å²) in [5.74, 6) is 0.0929. The van der Waals surface area contributed by atoms with E-state index in [4.69, 9.17) is 16.3 Å². The number of anilines is 1. The third-order valence-electron chi connectivity index (χ3n) is 2.96. The van der Waals surface area contributed by atoms with Crippen molar-refractivity contribution in [3.63, 3.8) is 0 Å². The van der Waals surface area contributed by atoms with Gasteiger partial charge in [-0.15, -0.1) is 11.8 Å². The van der Waals surface area contributed by atoms with Gasteiger partial charge in [-0.05, 0) is 24.5 Å². The van der Waals surface area contributed by atoms with Gasteiger partial charge >= 0.3 is 0 Å². The summed E-state index contributed by atoms with van der Waals surface area (Å²) < 4.78 is 5.23. The number of rotatable bonds is 4. The van der Waals surface area contributed by atoms with Crippen LogP contribution in [0.5, 0.6) is 0 Å². The van der Waals surface area contributed by atoms with E-state index >= 15 is 0 Å². The van der Waals surface area contributed by atoms with Crippen molar-refractivity contribution in [3.05, 3.63) is 23.2 Å². The van der Waals surface area contributed by atoms with Crippen LogP contribution in [0.15, 0.2) is 23.1 Å². The minimum Gasteiger partial charge on any atom is -0.378 e. The van der Waals surface area contributed by atoms with Crippen molar-refractivity contribution in [2.75, 3.05) is 44.4 Å². The summed E-state index contributed by atoms with van der Waals surface area (Å²) in [5, 5.41) is 3.83. The molecule has 4 nitrogen and oxygen atoms in total. The summed E-state index contributed by atoms with van der Waals surface area (Å²) in [6.45, 7) is 2.88. The molecule has 0 spiro atoms. The van der Waals surface area contributed by atoms with Gasteiger partial charge in [0, 0.05) is 28.7 Å². The lowest BCUT2D eigenvalue weighted by Crippen LogP contribution is -2.43. The molecule has 1 N–H and O–H groups in total. The van der Waals surface area contributed by atoms with E-state index in [9.17, 15) is 4.79 Å². The molecule has 1 fully saturated rings. The summed E-state index contributed by atoms with van der Waals surface area (Å²) in [6.07, 6.45) is 2.00. The molecule has 1 saturated heterocycles. The van der Waals surface area contributed by atoms with Crippen LogP contribution in [0.2, 0.25) is 5.02 Å². The van der Waals surface area contributed by atoms with Crippen LogP contribution in [0, 0.1) is 0 Å². The van der Waals surface area contributed by atoms with Gasteiger partial charge in [-0.25, -0.2) is 0 Å². The van der Waals surface area contributed by atoms with Crippen LogP contribution < -0.4 is 5.32 Å². The summed E-state index contributed by atoms with van der Waals surface area (Å²) in [5.41, 5.74) is 0.904. The van der Waals surface area contributed by atoms with E-state index in [0.29, 0.717) is 31.3 Å². The van der Waals surface area contributed by atoms with E-state index in [1.165, 1.54) is 0 Å². The van der Waals surface area contributed by atoms with Crippen molar-refractivity contribution in [1.29, 1.82) is 0 Å². The SMILES string of the molecule is CSc1ccc(Cl)cc1NCC(=O)N1CCOCC1. The molecule has 6 heteroatoms. The lowest BCUT2D eigenvalue weighted by atomic mass is 10.3. The standard InChI is InChI=1S/C13H17ClN2O2S/c1-19-12-3-2-10(14)8-11(12)15-9-13(17)16-4-6-18-7-5-16/h2-3,8,15H,4-7,9H2,1H3. The average Bonchev–Trinajstić information content (AvgIpc) is 2.46. The van der Waals surface area contributed by atoms with Crippen LogP contribution in [0.25, 0.3) is 0 Å². The van der Waals surface area contributed by atoms with E-state index in [-0.39, 0.29) is 12.5 Å². The number of hydrogen-bond donors (Lipinski definition) is 1. The number of amides is 1. The second-order valence-electron chi connectivity index (χ2n) is 4.19. The Bertz CT molecular complexity index is 450. The van der Waals surface area contributed by atoms with Crippen molar-refractivity contribution >= 4 is 35.0 Å². The molecule has 0 unspecified atom stereocenters. The lowest BCUT2D eigenvalue weighted by molar-refractivity contribution is -0.133. The van der Waals surface area contributed by atoms with Gasteiger partial charge < -0.3 is 15.0 Å². The van der Waals surface area contributed by atoms with Crippen molar-refractivity contribution in [2.45, 2.75) is 4.90 Å². The van der Waals surface area contributed by atoms with Crippen LogP contribution in [0.1, 0.15) is 0 Å². The Kier molecular flexibility index (Phi) is 5.36. The normalized spacial score (nSPS) is 15.4. The molecule has 2 rings (SSSR count). The van der Waals surface area contributed by atoms with Gasteiger partial charge in [0.1, 0.15) is 0 Å².